The Morgan fingerprint density at radius 1 is 1.33 bits per heavy atom. The maximum atomic E-state index is 11.2. The fourth-order valence-electron chi connectivity index (χ4n) is 1.21. The van der Waals surface area contributed by atoms with Crippen LogP contribution >= 0.6 is 11.5 Å². The zero-order chi connectivity index (χ0) is 10.7. The first-order chi connectivity index (χ1) is 7.31. The van der Waals surface area contributed by atoms with Crippen LogP contribution in [0.2, 0.25) is 0 Å². The molecule has 1 aromatic heterocycles. The van der Waals surface area contributed by atoms with Crippen molar-refractivity contribution in [2.75, 3.05) is 7.11 Å². The van der Waals surface area contributed by atoms with E-state index in [1.165, 1.54) is 18.6 Å². The van der Waals surface area contributed by atoms with E-state index in [4.69, 9.17) is 0 Å². The molecule has 0 saturated heterocycles. The molecule has 0 bridgehead atoms. The van der Waals surface area contributed by atoms with Crippen LogP contribution in [0.15, 0.2) is 36.4 Å². The molecule has 2 rings (SSSR count). The Hall–Kier alpha value is -1.68. The predicted molar refractivity (Wildman–Crippen MR) is 58.9 cm³/mol. The summed E-state index contributed by atoms with van der Waals surface area (Å²) < 4.78 is 8.62. The van der Waals surface area contributed by atoms with Gasteiger partial charge in [0.15, 0.2) is 5.69 Å². The molecule has 0 fully saturated rings. The lowest BCUT2D eigenvalue weighted by Crippen LogP contribution is -2.00. The van der Waals surface area contributed by atoms with E-state index >= 15 is 0 Å². The van der Waals surface area contributed by atoms with Crippen molar-refractivity contribution in [3.8, 4) is 10.4 Å². The number of ether oxygens (including phenoxy) is 1. The van der Waals surface area contributed by atoms with Crippen molar-refractivity contribution in [3.63, 3.8) is 0 Å². The summed E-state index contributed by atoms with van der Waals surface area (Å²) in [5.41, 5.74) is 1.42. The van der Waals surface area contributed by atoms with E-state index in [0.717, 1.165) is 10.4 Å². The number of esters is 1. The second-order valence-electron chi connectivity index (χ2n) is 2.93. The molecule has 0 aliphatic heterocycles. The van der Waals surface area contributed by atoms with E-state index < -0.39 is 5.97 Å². The van der Waals surface area contributed by atoms with Gasteiger partial charge in [0.2, 0.25) is 0 Å². The summed E-state index contributed by atoms with van der Waals surface area (Å²) in [4.78, 5) is 12.1. The van der Waals surface area contributed by atoms with Crippen LogP contribution in [-0.4, -0.2) is 17.5 Å². The van der Waals surface area contributed by atoms with Crippen molar-refractivity contribution in [3.05, 3.63) is 42.1 Å². The SMILES string of the molecule is COC(=O)c1cc(-c2ccccc2)sn1. The first-order valence-electron chi connectivity index (χ1n) is 4.41. The van der Waals surface area contributed by atoms with Gasteiger partial charge in [-0.25, -0.2) is 4.79 Å². The Morgan fingerprint density at radius 2 is 2.07 bits per heavy atom. The van der Waals surface area contributed by atoms with E-state index in [1.807, 2.05) is 30.3 Å². The highest BCUT2D eigenvalue weighted by Gasteiger charge is 2.11. The van der Waals surface area contributed by atoms with Gasteiger partial charge in [0.1, 0.15) is 0 Å². The van der Waals surface area contributed by atoms with Gasteiger partial charge in [-0.3, -0.25) is 0 Å². The zero-order valence-corrected chi connectivity index (χ0v) is 8.95. The van der Waals surface area contributed by atoms with Crippen molar-refractivity contribution in [1.29, 1.82) is 0 Å². The van der Waals surface area contributed by atoms with Gasteiger partial charge in [-0.1, -0.05) is 30.3 Å². The zero-order valence-electron chi connectivity index (χ0n) is 8.14. The Labute approximate surface area is 91.5 Å². The maximum absolute atomic E-state index is 11.2. The molecule has 0 amide bonds. The third kappa shape index (κ3) is 2.05. The largest absolute Gasteiger partial charge is 0.464 e. The highest BCUT2D eigenvalue weighted by Crippen LogP contribution is 2.24. The summed E-state index contributed by atoms with van der Waals surface area (Å²) in [5, 5.41) is 0. The quantitative estimate of drug-likeness (QED) is 0.729. The van der Waals surface area contributed by atoms with Crippen molar-refractivity contribution >= 4 is 17.5 Å². The van der Waals surface area contributed by atoms with Crippen LogP contribution in [0.25, 0.3) is 10.4 Å². The van der Waals surface area contributed by atoms with Crippen LogP contribution in [-0.2, 0) is 4.74 Å². The average Bonchev–Trinajstić information content (AvgIpc) is 2.78. The molecule has 2 aromatic rings. The molecule has 1 heterocycles. The number of carbonyl (C=O) groups excluding carboxylic acids is 1. The minimum Gasteiger partial charge on any atom is -0.464 e. The second kappa shape index (κ2) is 4.23. The topological polar surface area (TPSA) is 39.2 Å². The fraction of sp³-hybridized carbons (Fsp3) is 0.0909. The lowest BCUT2D eigenvalue weighted by molar-refractivity contribution is 0.0595. The van der Waals surface area contributed by atoms with Crippen LogP contribution in [0.1, 0.15) is 10.5 Å². The number of nitrogens with zero attached hydrogens (tertiary/aromatic N) is 1. The number of aromatic nitrogens is 1. The molecule has 0 radical (unpaired) electrons. The van der Waals surface area contributed by atoms with Gasteiger partial charge in [-0.15, -0.1) is 0 Å². The number of benzene rings is 1. The van der Waals surface area contributed by atoms with Gasteiger partial charge >= 0.3 is 5.97 Å². The Kier molecular flexibility index (Phi) is 2.78. The lowest BCUT2D eigenvalue weighted by Gasteiger charge is -1.93. The van der Waals surface area contributed by atoms with Gasteiger partial charge in [0.05, 0.1) is 12.0 Å². The van der Waals surface area contributed by atoms with Crippen LogP contribution in [0.4, 0.5) is 0 Å². The summed E-state index contributed by atoms with van der Waals surface area (Å²) in [6.07, 6.45) is 0. The molecule has 76 valence electrons. The molecule has 0 aliphatic rings. The van der Waals surface area contributed by atoms with E-state index in [-0.39, 0.29) is 0 Å². The summed E-state index contributed by atoms with van der Waals surface area (Å²) >= 11 is 1.30. The minimum atomic E-state index is -0.395. The van der Waals surface area contributed by atoms with Crippen molar-refractivity contribution < 1.29 is 9.53 Å². The maximum Gasteiger partial charge on any atom is 0.357 e. The monoisotopic (exact) mass is 219 g/mol. The summed E-state index contributed by atoms with van der Waals surface area (Å²) in [6.45, 7) is 0. The molecular weight excluding hydrogens is 210 g/mol. The van der Waals surface area contributed by atoms with Gasteiger partial charge in [-0.2, -0.15) is 4.37 Å². The number of rotatable bonds is 2. The van der Waals surface area contributed by atoms with Gasteiger partial charge < -0.3 is 4.74 Å². The number of methoxy groups -OCH3 is 1. The van der Waals surface area contributed by atoms with E-state index in [2.05, 4.69) is 9.11 Å². The van der Waals surface area contributed by atoms with Gasteiger partial charge in [0.25, 0.3) is 0 Å². The highest BCUT2D eigenvalue weighted by molar-refractivity contribution is 7.09. The van der Waals surface area contributed by atoms with Crippen LogP contribution in [0, 0.1) is 0 Å². The van der Waals surface area contributed by atoms with Crippen molar-refractivity contribution in [2.45, 2.75) is 0 Å². The molecule has 0 atom stereocenters. The van der Waals surface area contributed by atoms with Gasteiger partial charge in [-0.05, 0) is 23.2 Å². The normalized spacial score (nSPS) is 9.93. The smallest absolute Gasteiger partial charge is 0.357 e. The third-order valence-electron chi connectivity index (χ3n) is 1.96. The molecule has 15 heavy (non-hydrogen) atoms. The van der Waals surface area contributed by atoms with E-state index in [9.17, 15) is 4.79 Å². The van der Waals surface area contributed by atoms with Crippen molar-refractivity contribution in [2.24, 2.45) is 0 Å². The fourth-order valence-corrected chi connectivity index (χ4v) is 1.94. The molecular formula is C11H9NO2S. The van der Waals surface area contributed by atoms with Gasteiger partial charge in [0, 0.05) is 0 Å². The average molecular weight is 219 g/mol. The molecule has 0 spiro atoms. The van der Waals surface area contributed by atoms with Crippen LogP contribution in [0.5, 0.6) is 0 Å². The van der Waals surface area contributed by atoms with Crippen LogP contribution < -0.4 is 0 Å². The number of carbonyl (C=O) groups is 1. The molecule has 4 heteroatoms. The summed E-state index contributed by atoms with van der Waals surface area (Å²) in [6, 6.07) is 11.6. The first kappa shape index (κ1) is 9.86. The Morgan fingerprint density at radius 3 is 2.73 bits per heavy atom. The number of hydrogen-bond acceptors (Lipinski definition) is 4. The standard InChI is InChI=1S/C11H9NO2S/c1-14-11(13)9-7-10(15-12-9)8-5-3-2-4-6-8/h2-7H,1H3. The minimum absolute atomic E-state index is 0.362. The molecule has 0 aliphatic carbocycles. The van der Waals surface area contributed by atoms with Crippen LogP contribution in [0.3, 0.4) is 0 Å². The van der Waals surface area contributed by atoms with Crippen molar-refractivity contribution in [1.82, 2.24) is 4.37 Å². The van der Waals surface area contributed by atoms with E-state index in [0.29, 0.717) is 5.69 Å². The molecule has 0 N–H and O–H groups in total. The molecule has 0 saturated carbocycles. The Balaban J connectivity index is 2.32. The number of hydrogen-bond donors (Lipinski definition) is 0. The summed E-state index contributed by atoms with van der Waals surface area (Å²) in [5.74, 6) is -0.395. The molecule has 1 aromatic carbocycles. The first-order valence-corrected chi connectivity index (χ1v) is 5.19. The third-order valence-corrected chi connectivity index (χ3v) is 2.80. The second-order valence-corrected chi connectivity index (χ2v) is 3.74. The molecule has 0 unspecified atom stereocenters. The predicted octanol–water partition coefficient (Wildman–Crippen LogP) is 2.60. The van der Waals surface area contributed by atoms with E-state index in [1.54, 1.807) is 6.07 Å². The highest BCUT2D eigenvalue weighted by atomic mass is 32.1. The molecule has 3 nitrogen and oxygen atoms in total. The lowest BCUT2D eigenvalue weighted by atomic mass is 10.2. The Bertz CT molecular complexity index is 464. The summed E-state index contributed by atoms with van der Waals surface area (Å²) in [7, 11) is 1.35.